The normalized spacial score (nSPS) is 12.1. The van der Waals surface area contributed by atoms with Crippen LogP contribution in [0.3, 0.4) is 0 Å². The SMILES string of the molecule is CN(CC/C(N)=N/O)Cc1c(F)cccc1F. The van der Waals surface area contributed by atoms with Gasteiger partial charge in [-0.2, -0.15) is 0 Å². The molecule has 0 aromatic heterocycles. The second-order valence-corrected chi connectivity index (χ2v) is 3.78. The number of nitrogens with zero attached hydrogens (tertiary/aromatic N) is 2. The second kappa shape index (κ2) is 6.15. The van der Waals surface area contributed by atoms with Crippen molar-refractivity contribution in [2.45, 2.75) is 13.0 Å². The maximum Gasteiger partial charge on any atom is 0.140 e. The highest BCUT2D eigenvalue weighted by atomic mass is 19.1. The third kappa shape index (κ3) is 3.99. The van der Waals surface area contributed by atoms with Crippen LogP contribution >= 0.6 is 0 Å². The van der Waals surface area contributed by atoms with Crippen molar-refractivity contribution < 1.29 is 14.0 Å². The van der Waals surface area contributed by atoms with E-state index in [1.165, 1.54) is 18.2 Å². The smallest absolute Gasteiger partial charge is 0.140 e. The van der Waals surface area contributed by atoms with E-state index in [1.54, 1.807) is 11.9 Å². The summed E-state index contributed by atoms with van der Waals surface area (Å²) in [5.74, 6) is -1.05. The molecule has 0 amide bonds. The standard InChI is InChI=1S/C11H15F2N3O/c1-16(6-5-11(14)15-17)7-8-9(12)3-2-4-10(8)13/h2-4,17H,5-7H2,1H3,(H2,14,15). The van der Waals surface area contributed by atoms with Crippen LogP contribution in [-0.4, -0.2) is 29.5 Å². The third-order valence-corrected chi connectivity index (χ3v) is 2.37. The molecule has 6 heteroatoms. The molecule has 1 rings (SSSR count). The summed E-state index contributed by atoms with van der Waals surface area (Å²) in [5, 5.41) is 11.2. The molecule has 0 radical (unpaired) electrons. The summed E-state index contributed by atoms with van der Waals surface area (Å²) in [6.07, 6.45) is 0.336. The van der Waals surface area contributed by atoms with Crippen LogP contribution in [0.5, 0.6) is 0 Å². The van der Waals surface area contributed by atoms with Gasteiger partial charge in [-0.15, -0.1) is 0 Å². The maximum atomic E-state index is 13.3. The average molecular weight is 243 g/mol. The number of benzene rings is 1. The molecule has 3 N–H and O–H groups in total. The Morgan fingerprint density at radius 1 is 1.41 bits per heavy atom. The Morgan fingerprint density at radius 2 is 2.00 bits per heavy atom. The number of amidine groups is 1. The number of oxime groups is 1. The Morgan fingerprint density at radius 3 is 2.53 bits per heavy atom. The van der Waals surface area contributed by atoms with Crippen LogP contribution in [0.25, 0.3) is 0 Å². The van der Waals surface area contributed by atoms with E-state index < -0.39 is 11.6 Å². The van der Waals surface area contributed by atoms with Crippen molar-refractivity contribution in [3.8, 4) is 0 Å². The summed E-state index contributed by atoms with van der Waals surface area (Å²) in [6, 6.07) is 3.76. The van der Waals surface area contributed by atoms with Crippen LogP contribution in [-0.2, 0) is 6.54 Å². The van der Waals surface area contributed by atoms with E-state index in [0.717, 1.165) is 0 Å². The van der Waals surface area contributed by atoms with Gasteiger partial charge in [0.05, 0.1) is 0 Å². The highest BCUT2D eigenvalue weighted by molar-refractivity contribution is 5.79. The summed E-state index contributed by atoms with van der Waals surface area (Å²) in [6.45, 7) is 0.584. The molecular weight excluding hydrogens is 228 g/mol. The van der Waals surface area contributed by atoms with Crippen LogP contribution in [0.2, 0.25) is 0 Å². The Hall–Kier alpha value is -1.69. The summed E-state index contributed by atoms with van der Waals surface area (Å²) in [7, 11) is 1.70. The van der Waals surface area contributed by atoms with Gasteiger partial charge < -0.3 is 15.8 Å². The van der Waals surface area contributed by atoms with E-state index in [0.29, 0.717) is 13.0 Å². The molecule has 0 atom stereocenters. The van der Waals surface area contributed by atoms with Crippen LogP contribution < -0.4 is 5.73 Å². The predicted octanol–water partition coefficient (Wildman–Crippen LogP) is 1.53. The van der Waals surface area contributed by atoms with Gasteiger partial charge in [-0.25, -0.2) is 8.78 Å². The molecule has 1 aromatic carbocycles. The summed E-state index contributed by atoms with van der Waals surface area (Å²) >= 11 is 0. The van der Waals surface area contributed by atoms with Gasteiger partial charge >= 0.3 is 0 Å². The highest BCUT2D eigenvalue weighted by Gasteiger charge is 2.10. The minimum Gasteiger partial charge on any atom is -0.409 e. The van der Waals surface area contributed by atoms with E-state index in [2.05, 4.69) is 5.16 Å². The first-order valence-electron chi connectivity index (χ1n) is 5.12. The summed E-state index contributed by atoms with van der Waals surface area (Å²) in [4.78, 5) is 1.69. The van der Waals surface area contributed by atoms with Gasteiger partial charge in [0.1, 0.15) is 17.5 Å². The van der Waals surface area contributed by atoms with Crippen LogP contribution in [0.4, 0.5) is 8.78 Å². The molecule has 0 aliphatic rings. The first kappa shape index (κ1) is 13.4. The fraction of sp³-hybridized carbons (Fsp3) is 0.364. The zero-order chi connectivity index (χ0) is 12.8. The molecule has 0 unspecified atom stereocenters. The topological polar surface area (TPSA) is 61.8 Å². The molecule has 0 aliphatic heterocycles. The van der Waals surface area contributed by atoms with Gasteiger partial charge in [0.2, 0.25) is 0 Å². The van der Waals surface area contributed by atoms with Crippen molar-refractivity contribution in [2.75, 3.05) is 13.6 Å². The minimum atomic E-state index is -0.569. The first-order chi connectivity index (χ1) is 8.04. The Balaban J connectivity index is 2.59. The lowest BCUT2D eigenvalue weighted by Crippen LogP contribution is -2.25. The first-order valence-corrected chi connectivity index (χ1v) is 5.12. The van der Waals surface area contributed by atoms with Gasteiger partial charge in [0, 0.05) is 25.1 Å². The predicted molar refractivity (Wildman–Crippen MR) is 60.7 cm³/mol. The molecule has 0 saturated carbocycles. The van der Waals surface area contributed by atoms with E-state index >= 15 is 0 Å². The Labute approximate surface area is 98.3 Å². The molecule has 0 spiro atoms. The van der Waals surface area contributed by atoms with Crippen molar-refractivity contribution in [3.63, 3.8) is 0 Å². The quantitative estimate of drug-likeness (QED) is 0.357. The lowest BCUT2D eigenvalue weighted by atomic mass is 10.2. The maximum absolute atomic E-state index is 13.3. The van der Waals surface area contributed by atoms with Crippen molar-refractivity contribution in [1.29, 1.82) is 0 Å². The van der Waals surface area contributed by atoms with Crippen LogP contribution in [0, 0.1) is 11.6 Å². The lowest BCUT2D eigenvalue weighted by Gasteiger charge is -2.16. The molecular formula is C11H15F2N3O. The zero-order valence-electron chi connectivity index (χ0n) is 9.53. The molecule has 17 heavy (non-hydrogen) atoms. The van der Waals surface area contributed by atoms with Gasteiger partial charge in [-0.1, -0.05) is 11.2 Å². The van der Waals surface area contributed by atoms with Gasteiger partial charge in [-0.3, -0.25) is 0 Å². The van der Waals surface area contributed by atoms with Crippen LogP contribution in [0.1, 0.15) is 12.0 Å². The molecule has 4 nitrogen and oxygen atoms in total. The van der Waals surface area contributed by atoms with E-state index in [-0.39, 0.29) is 17.9 Å². The summed E-state index contributed by atoms with van der Waals surface area (Å²) < 4.78 is 26.6. The molecule has 0 heterocycles. The number of halogens is 2. The fourth-order valence-corrected chi connectivity index (χ4v) is 1.39. The monoisotopic (exact) mass is 243 g/mol. The van der Waals surface area contributed by atoms with Crippen molar-refractivity contribution in [2.24, 2.45) is 10.9 Å². The van der Waals surface area contributed by atoms with E-state index in [1.807, 2.05) is 0 Å². The Kier molecular flexibility index (Phi) is 4.84. The molecule has 0 fully saturated rings. The molecule has 0 bridgehead atoms. The molecule has 0 saturated heterocycles. The number of nitrogens with two attached hydrogens (primary N) is 1. The number of hydrogen-bond acceptors (Lipinski definition) is 3. The fourth-order valence-electron chi connectivity index (χ4n) is 1.39. The lowest BCUT2D eigenvalue weighted by molar-refractivity contribution is 0.306. The Bertz CT molecular complexity index is 389. The average Bonchev–Trinajstić information content (AvgIpc) is 2.31. The van der Waals surface area contributed by atoms with Crippen LogP contribution in [0.15, 0.2) is 23.4 Å². The van der Waals surface area contributed by atoms with E-state index in [9.17, 15) is 8.78 Å². The van der Waals surface area contributed by atoms with Gasteiger partial charge in [0.15, 0.2) is 0 Å². The van der Waals surface area contributed by atoms with Crippen molar-refractivity contribution >= 4 is 5.84 Å². The third-order valence-electron chi connectivity index (χ3n) is 2.37. The van der Waals surface area contributed by atoms with Crippen molar-refractivity contribution in [3.05, 3.63) is 35.4 Å². The van der Waals surface area contributed by atoms with E-state index in [4.69, 9.17) is 10.9 Å². The largest absolute Gasteiger partial charge is 0.409 e. The van der Waals surface area contributed by atoms with Crippen molar-refractivity contribution in [1.82, 2.24) is 4.90 Å². The van der Waals surface area contributed by atoms with Gasteiger partial charge in [-0.05, 0) is 19.2 Å². The second-order valence-electron chi connectivity index (χ2n) is 3.78. The molecule has 94 valence electrons. The molecule has 1 aromatic rings. The highest BCUT2D eigenvalue weighted by Crippen LogP contribution is 2.13. The number of rotatable bonds is 5. The molecule has 0 aliphatic carbocycles. The minimum absolute atomic E-state index is 0.0227. The number of hydrogen-bond donors (Lipinski definition) is 2. The van der Waals surface area contributed by atoms with Gasteiger partial charge in [0.25, 0.3) is 0 Å². The zero-order valence-corrected chi connectivity index (χ0v) is 9.53. The summed E-state index contributed by atoms with van der Waals surface area (Å²) in [5.41, 5.74) is 5.32.